The lowest BCUT2D eigenvalue weighted by molar-refractivity contribution is -0.118. The summed E-state index contributed by atoms with van der Waals surface area (Å²) >= 11 is 1.96. The van der Waals surface area contributed by atoms with Crippen molar-refractivity contribution in [1.29, 1.82) is 0 Å². The molecule has 1 heterocycles. The van der Waals surface area contributed by atoms with Gasteiger partial charge in [0.25, 0.3) is 0 Å². The number of amides is 1. The molecule has 1 fully saturated rings. The predicted molar refractivity (Wildman–Crippen MR) is 109 cm³/mol. The van der Waals surface area contributed by atoms with Gasteiger partial charge in [-0.3, -0.25) is 9.69 Å². The summed E-state index contributed by atoms with van der Waals surface area (Å²) in [6, 6.07) is 5.76. The Labute approximate surface area is 165 Å². The molecule has 1 amide bonds. The average Bonchev–Trinajstić information content (AvgIpc) is 2.67. The van der Waals surface area contributed by atoms with E-state index in [0.717, 1.165) is 30.2 Å². The molecule has 0 bridgehead atoms. The summed E-state index contributed by atoms with van der Waals surface area (Å²) in [6.45, 7) is 6.40. The van der Waals surface area contributed by atoms with E-state index < -0.39 is 6.10 Å². The van der Waals surface area contributed by atoms with Crippen LogP contribution in [0.4, 0.5) is 0 Å². The first-order valence-corrected chi connectivity index (χ1v) is 10.5. The third kappa shape index (κ3) is 8.38. The molecule has 1 aliphatic heterocycles. The Hall–Kier alpha value is -1.48. The summed E-state index contributed by atoms with van der Waals surface area (Å²) < 4.78 is 11.2. The monoisotopic (exact) mass is 397 g/mol. The maximum Gasteiger partial charge on any atom is 0.216 e. The predicted octanol–water partition coefficient (Wildman–Crippen LogP) is 0.709. The molecule has 1 saturated heterocycles. The fraction of sp³-hybridized carbons (Fsp3) is 0.632. The van der Waals surface area contributed by atoms with Gasteiger partial charge in [0.05, 0.1) is 7.11 Å². The molecule has 7 nitrogen and oxygen atoms in total. The number of nitrogens with one attached hydrogen (secondary N) is 2. The maximum atomic E-state index is 10.8. The molecule has 0 radical (unpaired) electrons. The third-order valence-electron chi connectivity index (χ3n) is 4.24. The number of hydrogen-bond acceptors (Lipinski definition) is 7. The number of nitrogens with zero attached hydrogens (tertiary/aromatic N) is 1. The van der Waals surface area contributed by atoms with Crippen molar-refractivity contribution in [3.8, 4) is 11.5 Å². The number of ether oxygens (including phenoxy) is 2. The molecule has 1 aromatic carbocycles. The van der Waals surface area contributed by atoms with E-state index in [9.17, 15) is 9.90 Å². The van der Waals surface area contributed by atoms with Gasteiger partial charge in [-0.05, 0) is 17.7 Å². The molecule has 0 aromatic heterocycles. The second-order valence-electron chi connectivity index (χ2n) is 6.52. The van der Waals surface area contributed by atoms with Gasteiger partial charge < -0.3 is 25.2 Å². The van der Waals surface area contributed by atoms with Crippen molar-refractivity contribution in [3.05, 3.63) is 23.8 Å². The Bertz CT molecular complexity index is 582. The van der Waals surface area contributed by atoms with E-state index in [2.05, 4.69) is 15.5 Å². The largest absolute Gasteiger partial charge is 0.493 e. The highest BCUT2D eigenvalue weighted by Crippen LogP contribution is 2.28. The van der Waals surface area contributed by atoms with E-state index >= 15 is 0 Å². The summed E-state index contributed by atoms with van der Waals surface area (Å²) in [6.07, 6.45) is -0.520. The number of aliphatic hydroxyl groups is 1. The summed E-state index contributed by atoms with van der Waals surface area (Å²) in [4.78, 5) is 13.1. The summed E-state index contributed by atoms with van der Waals surface area (Å²) in [7, 11) is 1.61. The van der Waals surface area contributed by atoms with Crippen LogP contribution in [0.5, 0.6) is 11.5 Å². The van der Waals surface area contributed by atoms with Crippen LogP contribution in [0.25, 0.3) is 0 Å². The molecule has 3 N–H and O–H groups in total. The van der Waals surface area contributed by atoms with Gasteiger partial charge in [-0.15, -0.1) is 0 Å². The van der Waals surface area contributed by atoms with Gasteiger partial charge in [0.1, 0.15) is 12.7 Å². The number of aliphatic hydroxyl groups excluding tert-OH is 1. The first-order valence-electron chi connectivity index (χ1n) is 9.31. The second-order valence-corrected chi connectivity index (χ2v) is 7.75. The van der Waals surface area contributed by atoms with Gasteiger partial charge in [-0.25, -0.2) is 0 Å². The number of methoxy groups -OCH3 is 1. The van der Waals surface area contributed by atoms with E-state index in [1.807, 2.05) is 30.0 Å². The average molecular weight is 398 g/mol. The van der Waals surface area contributed by atoms with Crippen molar-refractivity contribution in [2.75, 3.05) is 57.9 Å². The number of carbonyl (C=O) groups is 1. The molecule has 0 aliphatic carbocycles. The number of carbonyl (C=O) groups excluding carboxylic acids is 1. The van der Waals surface area contributed by atoms with Crippen LogP contribution >= 0.6 is 11.8 Å². The van der Waals surface area contributed by atoms with Crippen molar-refractivity contribution >= 4 is 17.7 Å². The highest BCUT2D eigenvalue weighted by molar-refractivity contribution is 7.99. The van der Waals surface area contributed by atoms with E-state index in [-0.39, 0.29) is 12.5 Å². The fourth-order valence-electron chi connectivity index (χ4n) is 2.82. The molecule has 2 rings (SSSR count). The van der Waals surface area contributed by atoms with Crippen LogP contribution in [-0.2, 0) is 11.3 Å². The number of thioether (sulfide) groups is 1. The molecular formula is C19H31N3O4S. The van der Waals surface area contributed by atoms with Gasteiger partial charge in [0.15, 0.2) is 11.5 Å². The van der Waals surface area contributed by atoms with Gasteiger partial charge in [-0.2, -0.15) is 11.8 Å². The van der Waals surface area contributed by atoms with Crippen LogP contribution in [0.1, 0.15) is 12.5 Å². The highest BCUT2D eigenvalue weighted by atomic mass is 32.2. The minimum absolute atomic E-state index is 0.0265. The number of hydrogen-bond donors (Lipinski definition) is 3. The van der Waals surface area contributed by atoms with Crippen LogP contribution < -0.4 is 20.1 Å². The molecule has 1 aliphatic rings. The highest BCUT2D eigenvalue weighted by Gasteiger charge is 2.16. The Balaban J connectivity index is 1.76. The van der Waals surface area contributed by atoms with Crippen LogP contribution in [0.2, 0.25) is 0 Å². The molecule has 1 unspecified atom stereocenters. The second kappa shape index (κ2) is 12.1. The Morgan fingerprint density at radius 2 is 2.07 bits per heavy atom. The van der Waals surface area contributed by atoms with Crippen molar-refractivity contribution in [3.63, 3.8) is 0 Å². The van der Waals surface area contributed by atoms with Crippen molar-refractivity contribution in [2.45, 2.75) is 19.6 Å². The fourth-order valence-corrected chi connectivity index (χ4v) is 3.80. The molecule has 152 valence electrons. The molecule has 0 saturated carbocycles. The Kier molecular flexibility index (Phi) is 9.75. The first kappa shape index (κ1) is 21.8. The molecular weight excluding hydrogens is 366 g/mol. The number of benzene rings is 1. The lowest BCUT2D eigenvalue weighted by Crippen LogP contribution is -2.40. The van der Waals surface area contributed by atoms with Crippen LogP contribution in [0.15, 0.2) is 18.2 Å². The normalized spacial score (nSPS) is 16.0. The summed E-state index contributed by atoms with van der Waals surface area (Å²) in [5.74, 6) is 3.51. The lowest BCUT2D eigenvalue weighted by atomic mass is 10.2. The van der Waals surface area contributed by atoms with E-state index in [1.165, 1.54) is 6.92 Å². The van der Waals surface area contributed by atoms with Crippen LogP contribution in [-0.4, -0.2) is 80.0 Å². The Morgan fingerprint density at radius 3 is 2.78 bits per heavy atom. The maximum absolute atomic E-state index is 10.8. The van der Waals surface area contributed by atoms with Gasteiger partial charge >= 0.3 is 0 Å². The standard InChI is InChI=1S/C19H31N3O4S/c1-15(23)21-6-5-20-12-16-3-4-18(19(11-16)25-2)26-14-17(24)13-22-7-9-27-10-8-22/h3-4,11,17,20,24H,5-10,12-14H2,1-2H3,(H,21,23). The van der Waals surface area contributed by atoms with Gasteiger partial charge in [-0.1, -0.05) is 6.07 Å². The minimum atomic E-state index is -0.520. The number of β-amino-alcohol motifs (C(OH)–C–C–N with tert-alkyl or cyclic N) is 1. The molecule has 1 aromatic rings. The topological polar surface area (TPSA) is 83.1 Å². The van der Waals surface area contributed by atoms with Crippen LogP contribution in [0.3, 0.4) is 0 Å². The lowest BCUT2D eigenvalue weighted by Gasteiger charge is -2.28. The summed E-state index contributed by atoms with van der Waals surface area (Å²) in [5, 5.41) is 16.2. The van der Waals surface area contributed by atoms with Gasteiger partial charge in [0, 0.05) is 57.7 Å². The zero-order valence-electron chi connectivity index (χ0n) is 16.2. The van der Waals surface area contributed by atoms with Crippen molar-refractivity contribution in [1.82, 2.24) is 15.5 Å². The molecule has 27 heavy (non-hydrogen) atoms. The SMILES string of the molecule is COc1cc(CNCCNC(C)=O)ccc1OCC(O)CN1CCSCC1. The minimum Gasteiger partial charge on any atom is -0.493 e. The molecule has 8 heteroatoms. The van der Waals surface area contributed by atoms with Crippen molar-refractivity contribution < 1.29 is 19.4 Å². The van der Waals surface area contributed by atoms with E-state index in [4.69, 9.17) is 9.47 Å². The van der Waals surface area contributed by atoms with E-state index in [0.29, 0.717) is 37.7 Å². The smallest absolute Gasteiger partial charge is 0.216 e. The zero-order chi connectivity index (χ0) is 19.5. The first-order chi connectivity index (χ1) is 13.1. The zero-order valence-corrected chi connectivity index (χ0v) is 17.0. The van der Waals surface area contributed by atoms with Gasteiger partial charge in [0.2, 0.25) is 5.91 Å². The van der Waals surface area contributed by atoms with Crippen molar-refractivity contribution in [2.24, 2.45) is 0 Å². The molecule has 0 spiro atoms. The summed E-state index contributed by atoms with van der Waals surface area (Å²) in [5.41, 5.74) is 1.06. The number of rotatable bonds is 11. The third-order valence-corrected chi connectivity index (χ3v) is 5.18. The van der Waals surface area contributed by atoms with Crippen LogP contribution in [0, 0.1) is 0 Å². The Morgan fingerprint density at radius 1 is 1.30 bits per heavy atom. The van der Waals surface area contributed by atoms with E-state index in [1.54, 1.807) is 7.11 Å². The quantitative estimate of drug-likeness (QED) is 0.474. The molecule has 1 atom stereocenters.